The average Bonchev–Trinajstić information content (AvgIpc) is 2.37. The second kappa shape index (κ2) is 7.11. The van der Waals surface area contributed by atoms with Crippen LogP contribution in [-0.2, 0) is 0 Å². The van der Waals surface area contributed by atoms with Crippen molar-refractivity contribution in [1.29, 1.82) is 0 Å². The Morgan fingerprint density at radius 1 is 1.39 bits per heavy atom. The summed E-state index contributed by atoms with van der Waals surface area (Å²) in [6, 6.07) is 4.00. The van der Waals surface area contributed by atoms with E-state index in [1.807, 2.05) is 0 Å². The number of amides is 1. The molecule has 0 saturated carbocycles. The second-order valence-electron chi connectivity index (χ2n) is 4.17. The van der Waals surface area contributed by atoms with Gasteiger partial charge in [-0.3, -0.25) is 4.79 Å². The van der Waals surface area contributed by atoms with E-state index in [2.05, 4.69) is 12.2 Å². The highest BCUT2D eigenvalue weighted by Crippen LogP contribution is 2.24. The summed E-state index contributed by atoms with van der Waals surface area (Å²) in [5.74, 6) is 0.139. The Hall–Kier alpha value is -1.42. The molecule has 0 spiro atoms. The summed E-state index contributed by atoms with van der Waals surface area (Å²) >= 11 is 5.67. The summed E-state index contributed by atoms with van der Waals surface area (Å²) in [4.78, 5) is 11.8. The number of halogens is 1. The number of aromatic hydroxyl groups is 2. The summed E-state index contributed by atoms with van der Waals surface area (Å²) in [5.41, 5.74) is 0.325. The van der Waals surface area contributed by atoms with Crippen LogP contribution in [-0.4, -0.2) is 28.5 Å². The molecule has 1 rings (SSSR count). The molecule has 3 N–H and O–H groups in total. The van der Waals surface area contributed by atoms with Crippen LogP contribution in [0.1, 0.15) is 30.1 Å². The fourth-order valence-electron chi connectivity index (χ4n) is 1.61. The standard InChI is InChI=1S/C13H18ClNO3/c1-2-9(5-6-14)8-15-13(18)10-3-4-11(16)12(17)7-10/h3-4,7,9,16-17H,2,5-6,8H2,1H3,(H,15,18). The van der Waals surface area contributed by atoms with Crippen LogP contribution in [0.2, 0.25) is 0 Å². The first-order chi connectivity index (χ1) is 8.58. The third-order valence-corrected chi connectivity index (χ3v) is 3.10. The quantitative estimate of drug-likeness (QED) is 0.550. The number of hydrogen-bond acceptors (Lipinski definition) is 3. The SMILES string of the molecule is CCC(CCCl)CNC(=O)c1ccc(O)c(O)c1. The first-order valence-corrected chi connectivity index (χ1v) is 6.48. The van der Waals surface area contributed by atoms with Gasteiger partial charge in [-0.1, -0.05) is 13.3 Å². The van der Waals surface area contributed by atoms with Gasteiger partial charge in [0.05, 0.1) is 0 Å². The zero-order valence-corrected chi connectivity index (χ0v) is 11.1. The van der Waals surface area contributed by atoms with Crippen LogP contribution in [0, 0.1) is 5.92 Å². The Bertz CT molecular complexity index is 409. The summed E-state index contributed by atoms with van der Waals surface area (Å²) in [6.45, 7) is 2.61. The third kappa shape index (κ3) is 4.11. The number of phenolic OH excluding ortho intramolecular Hbond substituents is 2. The van der Waals surface area contributed by atoms with Crippen molar-refractivity contribution in [3.8, 4) is 11.5 Å². The van der Waals surface area contributed by atoms with Crippen LogP contribution in [0.3, 0.4) is 0 Å². The number of nitrogens with one attached hydrogen (secondary N) is 1. The summed E-state index contributed by atoms with van der Waals surface area (Å²) in [7, 11) is 0. The number of carbonyl (C=O) groups is 1. The van der Waals surface area contributed by atoms with E-state index in [1.165, 1.54) is 18.2 Å². The van der Waals surface area contributed by atoms with Gasteiger partial charge in [0.1, 0.15) is 0 Å². The zero-order chi connectivity index (χ0) is 13.5. The van der Waals surface area contributed by atoms with E-state index in [0.29, 0.717) is 23.9 Å². The Kier molecular flexibility index (Phi) is 5.78. The Morgan fingerprint density at radius 3 is 2.67 bits per heavy atom. The molecule has 0 heterocycles. The molecule has 0 fully saturated rings. The predicted octanol–water partition coefficient (Wildman–Crippen LogP) is 2.48. The summed E-state index contributed by atoms with van der Waals surface area (Å²) in [5, 5.41) is 21.3. The van der Waals surface area contributed by atoms with Crippen LogP contribution in [0.15, 0.2) is 18.2 Å². The molecule has 0 aliphatic heterocycles. The van der Waals surface area contributed by atoms with Gasteiger partial charge >= 0.3 is 0 Å². The van der Waals surface area contributed by atoms with Crippen LogP contribution in [0.25, 0.3) is 0 Å². The topological polar surface area (TPSA) is 69.6 Å². The molecule has 1 unspecified atom stereocenters. The van der Waals surface area contributed by atoms with E-state index in [9.17, 15) is 9.90 Å². The molecule has 0 aliphatic carbocycles. The van der Waals surface area contributed by atoms with Gasteiger partial charge in [-0.25, -0.2) is 0 Å². The van der Waals surface area contributed by atoms with E-state index < -0.39 is 0 Å². The van der Waals surface area contributed by atoms with E-state index in [4.69, 9.17) is 16.7 Å². The van der Waals surface area contributed by atoms with Crippen LogP contribution < -0.4 is 5.32 Å². The van der Waals surface area contributed by atoms with Gasteiger partial charge in [0.2, 0.25) is 0 Å². The fourth-order valence-corrected chi connectivity index (χ4v) is 1.92. The molecule has 0 aliphatic rings. The van der Waals surface area contributed by atoms with Gasteiger partial charge in [-0.2, -0.15) is 0 Å². The third-order valence-electron chi connectivity index (χ3n) is 2.88. The number of benzene rings is 1. The molecule has 100 valence electrons. The van der Waals surface area contributed by atoms with Gasteiger partial charge in [0.15, 0.2) is 11.5 Å². The maximum atomic E-state index is 11.8. The monoisotopic (exact) mass is 271 g/mol. The predicted molar refractivity (Wildman–Crippen MR) is 71.2 cm³/mol. The lowest BCUT2D eigenvalue weighted by atomic mass is 10.0. The summed E-state index contributed by atoms with van der Waals surface area (Å²) < 4.78 is 0. The molecular formula is C13H18ClNO3. The molecule has 18 heavy (non-hydrogen) atoms. The van der Waals surface area contributed by atoms with Crippen LogP contribution >= 0.6 is 11.6 Å². The molecule has 0 saturated heterocycles. The molecule has 1 atom stereocenters. The van der Waals surface area contributed by atoms with Crippen molar-refractivity contribution in [2.45, 2.75) is 19.8 Å². The van der Waals surface area contributed by atoms with Crippen molar-refractivity contribution < 1.29 is 15.0 Å². The maximum absolute atomic E-state index is 11.8. The molecule has 1 amide bonds. The zero-order valence-electron chi connectivity index (χ0n) is 10.3. The van der Waals surface area contributed by atoms with Crippen LogP contribution in [0.4, 0.5) is 0 Å². The molecule has 0 aromatic heterocycles. The van der Waals surface area contributed by atoms with Crippen molar-refractivity contribution in [1.82, 2.24) is 5.32 Å². The highest BCUT2D eigenvalue weighted by molar-refractivity contribution is 6.17. The van der Waals surface area contributed by atoms with Gasteiger partial charge in [0, 0.05) is 18.0 Å². The van der Waals surface area contributed by atoms with Gasteiger partial charge in [0.25, 0.3) is 5.91 Å². The van der Waals surface area contributed by atoms with E-state index in [-0.39, 0.29) is 17.4 Å². The number of rotatable bonds is 6. The molecule has 5 heteroatoms. The molecular weight excluding hydrogens is 254 g/mol. The number of alkyl halides is 1. The Labute approximate surface area is 112 Å². The first kappa shape index (κ1) is 14.6. The van der Waals surface area contributed by atoms with Crippen LogP contribution in [0.5, 0.6) is 11.5 Å². The second-order valence-corrected chi connectivity index (χ2v) is 4.54. The van der Waals surface area contributed by atoms with E-state index in [0.717, 1.165) is 12.8 Å². The highest BCUT2D eigenvalue weighted by Gasteiger charge is 2.11. The normalized spacial score (nSPS) is 12.1. The number of phenols is 2. The van der Waals surface area contributed by atoms with Crippen molar-refractivity contribution in [2.24, 2.45) is 5.92 Å². The van der Waals surface area contributed by atoms with Gasteiger partial charge in [-0.15, -0.1) is 11.6 Å². The minimum absolute atomic E-state index is 0.236. The summed E-state index contributed by atoms with van der Waals surface area (Å²) in [6.07, 6.45) is 1.81. The smallest absolute Gasteiger partial charge is 0.251 e. The molecule has 0 bridgehead atoms. The minimum Gasteiger partial charge on any atom is -0.504 e. The highest BCUT2D eigenvalue weighted by atomic mass is 35.5. The number of carbonyl (C=O) groups excluding carboxylic acids is 1. The molecule has 4 nitrogen and oxygen atoms in total. The van der Waals surface area contributed by atoms with Crippen molar-refractivity contribution in [3.05, 3.63) is 23.8 Å². The maximum Gasteiger partial charge on any atom is 0.251 e. The first-order valence-electron chi connectivity index (χ1n) is 5.94. The van der Waals surface area contributed by atoms with Crippen molar-refractivity contribution >= 4 is 17.5 Å². The Balaban J connectivity index is 2.57. The molecule has 0 radical (unpaired) electrons. The van der Waals surface area contributed by atoms with E-state index in [1.54, 1.807) is 0 Å². The fraction of sp³-hybridized carbons (Fsp3) is 0.462. The lowest BCUT2D eigenvalue weighted by Crippen LogP contribution is -2.29. The lowest BCUT2D eigenvalue weighted by Gasteiger charge is -2.14. The lowest BCUT2D eigenvalue weighted by molar-refractivity contribution is 0.0946. The van der Waals surface area contributed by atoms with E-state index >= 15 is 0 Å². The van der Waals surface area contributed by atoms with Crippen molar-refractivity contribution in [3.63, 3.8) is 0 Å². The largest absolute Gasteiger partial charge is 0.504 e. The van der Waals surface area contributed by atoms with Gasteiger partial charge < -0.3 is 15.5 Å². The number of hydrogen-bond donors (Lipinski definition) is 3. The Morgan fingerprint density at radius 2 is 2.11 bits per heavy atom. The molecule has 1 aromatic rings. The van der Waals surface area contributed by atoms with Gasteiger partial charge in [-0.05, 0) is 30.5 Å². The average molecular weight is 272 g/mol. The van der Waals surface area contributed by atoms with Crippen molar-refractivity contribution in [2.75, 3.05) is 12.4 Å². The minimum atomic E-state index is -0.296. The molecule has 1 aromatic carbocycles.